The van der Waals surface area contributed by atoms with Crippen molar-refractivity contribution >= 4 is 11.9 Å². The Labute approximate surface area is 133 Å². The number of nitrogens with one attached hydrogen (secondary N) is 2. The van der Waals surface area contributed by atoms with Gasteiger partial charge in [0, 0.05) is 11.5 Å². The molecule has 0 spiro atoms. The van der Waals surface area contributed by atoms with E-state index in [1.165, 1.54) is 6.33 Å². The topological polar surface area (TPSA) is 101 Å². The highest BCUT2D eigenvalue weighted by Gasteiger charge is 2.11. The maximum absolute atomic E-state index is 12.2. The third kappa shape index (κ3) is 3.60. The molecular weight excluding hydrogens is 294 g/mol. The number of H-pyrrole nitrogens is 1. The summed E-state index contributed by atoms with van der Waals surface area (Å²) in [5.74, 6) is 1.00. The van der Waals surface area contributed by atoms with Crippen LogP contribution in [0.15, 0.2) is 36.9 Å². The molecule has 0 unspecified atom stereocenters. The molecule has 2 N–H and O–H groups in total. The highest BCUT2D eigenvalue weighted by Crippen LogP contribution is 2.11. The lowest BCUT2D eigenvalue weighted by atomic mass is 10.1. The number of anilines is 1. The zero-order chi connectivity index (χ0) is 16.2. The number of nitrogens with zero attached hydrogens (tertiary/aromatic N) is 5. The smallest absolute Gasteiger partial charge is 0.258 e. The molecule has 3 rings (SSSR count). The van der Waals surface area contributed by atoms with Gasteiger partial charge in [-0.05, 0) is 17.7 Å². The van der Waals surface area contributed by atoms with E-state index in [-0.39, 0.29) is 17.8 Å². The summed E-state index contributed by atoms with van der Waals surface area (Å²) >= 11 is 0. The predicted molar refractivity (Wildman–Crippen MR) is 84.0 cm³/mol. The van der Waals surface area contributed by atoms with Crippen molar-refractivity contribution in [2.45, 2.75) is 26.3 Å². The summed E-state index contributed by atoms with van der Waals surface area (Å²) in [4.78, 5) is 20.3. The Bertz CT molecular complexity index is 775. The second-order valence-electron chi connectivity index (χ2n) is 5.44. The first kappa shape index (κ1) is 14.9. The largest absolute Gasteiger partial charge is 0.289 e. The number of amides is 1. The Balaban J connectivity index is 1.65. The highest BCUT2D eigenvalue weighted by atomic mass is 16.1. The number of aromatic amines is 1. The minimum absolute atomic E-state index is 0.226. The molecule has 0 saturated heterocycles. The maximum atomic E-state index is 12.2. The van der Waals surface area contributed by atoms with E-state index in [0.29, 0.717) is 12.1 Å². The molecule has 23 heavy (non-hydrogen) atoms. The number of carbonyl (C=O) groups excluding carboxylic acids is 1. The van der Waals surface area contributed by atoms with Crippen molar-refractivity contribution in [1.82, 2.24) is 29.9 Å². The van der Waals surface area contributed by atoms with E-state index in [9.17, 15) is 4.79 Å². The summed E-state index contributed by atoms with van der Waals surface area (Å²) in [7, 11) is 0. The summed E-state index contributed by atoms with van der Waals surface area (Å²) in [6.45, 7) is 4.61. The van der Waals surface area contributed by atoms with Crippen LogP contribution in [-0.4, -0.2) is 35.9 Å². The van der Waals surface area contributed by atoms with Gasteiger partial charge in [0.15, 0.2) is 0 Å². The first-order valence-corrected chi connectivity index (χ1v) is 7.27. The van der Waals surface area contributed by atoms with Crippen LogP contribution < -0.4 is 5.32 Å². The summed E-state index contributed by atoms with van der Waals surface area (Å²) in [5, 5.41) is 13.5. The van der Waals surface area contributed by atoms with Gasteiger partial charge >= 0.3 is 0 Å². The summed E-state index contributed by atoms with van der Waals surface area (Å²) < 4.78 is 1.72. The Kier molecular flexibility index (Phi) is 4.13. The number of carbonyl (C=O) groups is 1. The molecule has 0 aliphatic rings. The summed E-state index contributed by atoms with van der Waals surface area (Å²) in [6.07, 6.45) is 3.14. The van der Waals surface area contributed by atoms with Gasteiger partial charge < -0.3 is 0 Å². The fourth-order valence-electron chi connectivity index (χ4n) is 2.03. The fourth-order valence-corrected chi connectivity index (χ4v) is 2.03. The average Bonchev–Trinajstić information content (AvgIpc) is 3.19. The molecule has 118 valence electrons. The lowest BCUT2D eigenvalue weighted by Gasteiger charge is -2.04. The van der Waals surface area contributed by atoms with Crippen LogP contribution in [0.2, 0.25) is 0 Å². The molecule has 2 heterocycles. The molecule has 0 radical (unpaired) electrons. The van der Waals surface area contributed by atoms with E-state index in [1.54, 1.807) is 23.1 Å². The molecule has 8 heteroatoms. The van der Waals surface area contributed by atoms with Crippen molar-refractivity contribution in [3.8, 4) is 0 Å². The number of benzene rings is 1. The molecule has 3 aromatic rings. The maximum Gasteiger partial charge on any atom is 0.258 e. The molecule has 0 aliphatic heterocycles. The Morgan fingerprint density at radius 3 is 2.70 bits per heavy atom. The molecule has 0 fully saturated rings. The minimum Gasteiger partial charge on any atom is -0.289 e. The van der Waals surface area contributed by atoms with Gasteiger partial charge in [0.2, 0.25) is 5.95 Å². The van der Waals surface area contributed by atoms with Crippen LogP contribution in [0, 0.1) is 0 Å². The van der Waals surface area contributed by atoms with E-state index in [4.69, 9.17) is 0 Å². The first-order chi connectivity index (χ1) is 11.1. The van der Waals surface area contributed by atoms with E-state index in [0.717, 1.165) is 11.4 Å². The molecule has 1 amide bonds. The van der Waals surface area contributed by atoms with Crippen molar-refractivity contribution < 1.29 is 4.79 Å². The lowest BCUT2D eigenvalue weighted by Crippen LogP contribution is -2.13. The quantitative estimate of drug-likeness (QED) is 0.748. The summed E-state index contributed by atoms with van der Waals surface area (Å²) in [6, 6.07) is 7.29. The zero-order valence-electron chi connectivity index (χ0n) is 12.9. The van der Waals surface area contributed by atoms with Gasteiger partial charge in [0.05, 0.1) is 6.54 Å². The van der Waals surface area contributed by atoms with Crippen LogP contribution in [0.3, 0.4) is 0 Å². The monoisotopic (exact) mass is 311 g/mol. The minimum atomic E-state index is -0.244. The van der Waals surface area contributed by atoms with E-state index in [2.05, 4.69) is 30.6 Å². The normalized spacial score (nSPS) is 10.9. The van der Waals surface area contributed by atoms with Crippen molar-refractivity contribution in [2.24, 2.45) is 0 Å². The fraction of sp³-hybridized carbons (Fsp3) is 0.267. The zero-order valence-corrected chi connectivity index (χ0v) is 12.9. The van der Waals surface area contributed by atoms with Crippen LogP contribution in [0.25, 0.3) is 0 Å². The number of hydrogen-bond donors (Lipinski definition) is 2. The second kappa shape index (κ2) is 6.39. The van der Waals surface area contributed by atoms with Gasteiger partial charge in [-0.2, -0.15) is 10.1 Å². The Hall–Kier alpha value is -3.03. The van der Waals surface area contributed by atoms with Gasteiger partial charge in [-0.25, -0.2) is 9.67 Å². The van der Waals surface area contributed by atoms with Crippen molar-refractivity contribution in [3.63, 3.8) is 0 Å². The van der Waals surface area contributed by atoms with Crippen LogP contribution in [0.5, 0.6) is 0 Å². The number of hydrogen-bond acceptors (Lipinski definition) is 5. The Morgan fingerprint density at radius 2 is 2.09 bits per heavy atom. The van der Waals surface area contributed by atoms with Gasteiger partial charge in [0.25, 0.3) is 5.91 Å². The molecule has 0 bridgehead atoms. The predicted octanol–water partition coefficient (Wildman–Crippen LogP) is 1.82. The van der Waals surface area contributed by atoms with E-state index >= 15 is 0 Å². The third-order valence-electron chi connectivity index (χ3n) is 3.30. The highest BCUT2D eigenvalue weighted by molar-refractivity contribution is 6.03. The van der Waals surface area contributed by atoms with Crippen molar-refractivity contribution in [2.75, 3.05) is 5.32 Å². The van der Waals surface area contributed by atoms with Crippen LogP contribution >= 0.6 is 0 Å². The molecule has 0 saturated carbocycles. The van der Waals surface area contributed by atoms with E-state index in [1.807, 2.05) is 26.0 Å². The van der Waals surface area contributed by atoms with Crippen LogP contribution in [-0.2, 0) is 6.54 Å². The van der Waals surface area contributed by atoms with Gasteiger partial charge in [0.1, 0.15) is 18.5 Å². The Morgan fingerprint density at radius 1 is 1.30 bits per heavy atom. The molecular formula is C15H17N7O. The molecule has 8 nitrogen and oxygen atoms in total. The van der Waals surface area contributed by atoms with Crippen molar-refractivity contribution in [1.29, 1.82) is 0 Å². The molecule has 1 aromatic carbocycles. The van der Waals surface area contributed by atoms with Gasteiger partial charge in [-0.15, -0.1) is 5.10 Å². The first-order valence-electron chi connectivity index (χ1n) is 7.27. The molecule has 2 aromatic heterocycles. The number of rotatable bonds is 5. The molecule has 0 atom stereocenters. The van der Waals surface area contributed by atoms with Crippen LogP contribution in [0.4, 0.5) is 5.95 Å². The molecule has 0 aliphatic carbocycles. The number of aromatic nitrogens is 6. The van der Waals surface area contributed by atoms with E-state index < -0.39 is 0 Å². The second-order valence-corrected chi connectivity index (χ2v) is 5.44. The SMILES string of the molecule is CC(C)c1nc(NC(=O)c2ccc(Cn3cncn3)cc2)n[nH]1. The van der Waals surface area contributed by atoms with Crippen LogP contribution in [0.1, 0.15) is 41.5 Å². The average molecular weight is 311 g/mol. The summed E-state index contributed by atoms with van der Waals surface area (Å²) in [5.41, 5.74) is 1.58. The standard InChI is InChI=1S/C15H17N7O/c1-10(2)13-18-15(21-20-13)19-14(23)12-5-3-11(4-6-12)7-22-9-16-8-17-22/h3-6,8-10H,7H2,1-2H3,(H2,18,19,20,21,23). The van der Waals surface area contributed by atoms with Gasteiger partial charge in [-0.1, -0.05) is 26.0 Å². The third-order valence-corrected chi connectivity index (χ3v) is 3.30. The van der Waals surface area contributed by atoms with Crippen molar-refractivity contribution in [3.05, 3.63) is 53.9 Å². The van der Waals surface area contributed by atoms with Gasteiger partial charge in [-0.3, -0.25) is 15.2 Å². The lowest BCUT2D eigenvalue weighted by molar-refractivity contribution is 0.102.